The number of hydrogen-bond donors (Lipinski definition) is 0. The highest BCUT2D eigenvalue weighted by Gasteiger charge is 2.50. The molecule has 0 spiro atoms. The minimum atomic E-state index is -2.80. The van der Waals surface area contributed by atoms with E-state index in [0.29, 0.717) is 5.82 Å². The Bertz CT molecular complexity index is 1110. The lowest BCUT2D eigenvalue weighted by Gasteiger charge is -2.19. The van der Waals surface area contributed by atoms with Crippen LogP contribution in [0.3, 0.4) is 0 Å². The van der Waals surface area contributed by atoms with E-state index < -0.39 is 23.7 Å². The van der Waals surface area contributed by atoms with Crippen LogP contribution in [0, 0.1) is 6.92 Å². The van der Waals surface area contributed by atoms with E-state index in [0.717, 1.165) is 28.7 Å². The molecule has 1 aromatic carbocycles. The summed E-state index contributed by atoms with van der Waals surface area (Å²) in [6.07, 6.45) is -1.06. The normalized spacial score (nSPS) is 14.6. The van der Waals surface area contributed by atoms with Gasteiger partial charge in [0.15, 0.2) is 5.82 Å². The van der Waals surface area contributed by atoms with Crippen molar-refractivity contribution < 1.29 is 22.8 Å². The first-order valence-corrected chi connectivity index (χ1v) is 11.1. The van der Waals surface area contributed by atoms with E-state index >= 15 is 0 Å². The van der Waals surface area contributed by atoms with Gasteiger partial charge in [-0.25, -0.2) is 13.5 Å². The molecule has 0 saturated heterocycles. The van der Waals surface area contributed by atoms with Crippen LogP contribution in [0.15, 0.2) is 34.9 Å². The smallest absolute Gasteiger partial charge is 0.328 e. The summed E-state index contributed by atoms with van der Waals surface area (Å²) in [5.74, 6) is -0.0609. The van der Waals surface area contributed by atoms with Gasteiger partial charge in [-0.2, -0.15) is 10.1 Å². The first-order chi connectivity index (χ1) is 15.6. The Labute approximate surface area is 192 Å². The number of nitrogens with zero attached hydrogens (tertiary/aromatic N) is 4. The van der Waals surface area contributed by atoms with Gasteiger partial charge in [0.2, 0.25) is 0 Å². The van der Waals surface area contributed by atoms with Gasteiger partial charge in [0.1, 0.15) is 23.5 Å². The van der Waals surface area contributed by atoms with E-state index in [4.69, 9.17) is 9.26 Å². The molecule has 2 heterocycles. The molecule has 2 aromatic heterocycles. The molecule has 1 aliphatic carbocycles. The maximum Gasteiger partial charge on any atom is 0.328 e. The molecule has 1 fully saturated rings. The standard InChI is InChI=1S/C22H24F2N4O3.C2H6/c1-13-7-5-6-8-14(13)22(9-10-22)20-25-19(31-27-20)16-11-15(18(23)24)26-28(16)12-17(29)30-21(2,3)4;1-2/h5-8,11,18H,9-10,12H2,1-4H3;1-2H3. The first-order valence-electron chi connectivity index (χ1n) is 11.1. The summed E-state index contributed by atoms with van der Waals surface area (Å²) in [7, 11) is 0. The summed E-state index contributed by atoms with van der Waals surface area (Å²) in [5, 5.41) is 8.00. The van der Waals surface area contributed by atoms with Crippen LogP contribution >= 0.6 is 0 Å². The molecule has 7 nitrogen and oxygen atoms in total. The average Bonchev–Trinajstić information content (AvgIpc) is 3.19. The zero-order chi connectivity index (χ0) is 24.4. The molecule has 0 radical (unpaired) electrons. The van der Waals surface area contributed by atoms with Crippen molar-refractivity contribution in [2.75, 3.05) is 0 Å². The number of hydrogen-bond acceptors (Lipinski definition) is 6. The predicted octanol–water partition coefficient (Wildman–Crippen LogP) is 5.63. The van der Waals surface area contributed by atoms with Crippen LogP contribution < -0.4 is 0 Å². The average molecular weight is 461 g/mol. The van der Waals surface area contributed by atoms with Crippen molar-refractivity contribution in [1.29, 1.82) is 0 Å². The van der Waals surface area contributed by atoms with Crippen molar-refractivity contribution in [1.82, 2.24) is 19.9 Å². The number of carbonyl (C=O) groups excluding carboxylic acids is 1. The number of benzene rings is 1. The Kier molecular flexibility index (Phi) is 7.00. The van der Waals surface area contributed by atoms with Gasteiger partial charge < -0.3 is 9.26 Å². The fraction of sp³-hybridized carbons (Fsp3) is 0.500. The third kappa shape index (κ3) is 5.29. The maximum absolute atomic E-state index is 13.3. The topological polar surface area (TPSA) is 83.0 Å². The molecular formula is C24H30F2N4O3. The van der Waals surface area contributed by atoms with Gasteiger partial charge in [-0.15, -0.1) is 0 Å². The Balaban J connectivity index is 0.00000149. The van der Waals surface area contributed by atoms with Gasteiger partial charge in [-0.05, 0) is 57.7 Å². The second kappa shape index (κ2) is 9.41. The fourth-order valence-electron chi connectivity index (χ4n) is 3.70. The molecule has 33 heavy (non-hydrogen) atoms. The van der Waals surface area contributed by atoms with E-state index in [9.17, 15) is 13.6 Å². The van der Waals surface area contributed by atoms with Crippen LogP contribution in [0.2, 0.25) is 0 Å². The van der Waals surface area contributed by atoms with Crippen molar-refractivity contribution in [2.24, 2.45) is 0 Å². The highest BCUT2D eigenvalue weighted by atomic mass is 19.3. The lowest BCUT2D eigenvalue weighted by atomic mass is 9.91. The third-order valence-electron chi connectivity index (χ3n) is 5.21. The zero-order valence-electron chi connectivity index (χ0n) is 19.9. The third-order valence-corrected chi connectivity index (χ3v) is 5.21. The number of halogens is 2. The van der Waals surface area contributed by atoms with Crippen LogP contribution in [-0.4, -0.2) is 31.5 Å². The lowest BCUT2D eigenvalue weighted by molar-refractivity contribution is -0.155. The first kappa shape index (κ1) is 24.5. The van der Waals surface area contributed by atoms with Gasteiger partial charge in [0, 0.05) is 0 Å². The van der Waals surface area contributed by atoms with E-state index in [2.05, 4.69) is 15.2 Å². The molecule has 0 bridgehead atoms. The maximum atomic E-state index is 13.3. The van der Waals surface area contributed by atoms with Crippen LogP contribution in [0.4, 0.5) is 8.78 Å². The summed E-state index contributed by atoms with van der Waals surface area (Å²) >= 11 is 0. The number of aryl methyl sites for hydroxylation is 1. The molecular weight excluding hydrogens is 430 g/mol. The van der Waals surface area contributed by atoms with Gasteiger partial charge in [0.05, 0.1) is 5.41 Å². The van der Waals surface area contributed by atoms with Crippen molar-refractivity contribution in [3.63, 3.8) is 0 Å². The van der Waals surface area contributed by atoms with Gasteiger partial charge >= 0.3 is 5.97 Å². The summed E-state index contributed by atoms with van der Waals surface area (Å²) < 4.78 is 38.4. The summed E-state index contributed by atoms with van der Waals surface area (Å²) in [6, 6.07) is 9.17. The quantitative estimate of drug-likeness (QED) is 0.444. The molecule has 0 N–H and O–H groups in total. The zero-order valence-corrected chi connectivity index (χ0v) is 19.9. The van der Waals surface area contributed by atoms with Gasteiger partial charge in [0.25, 0.3) is 12.3 Å². The van der Waals surface area contributed by atoms with Crippen molar-refractivity contribution in [3.05, 3.63) is 53.0 Å². The molecule has 178 valence electrons. The lowest BCUT2D eigenvalue weighted by Crippen LogP contribution is -2.27. The van der Waals surface area contributed by atoms with Crippen LogP contribution in [0.25, 0.3) is 11.6 Å². The Morgan fingerprint density at radius 1 is 1.24 bits per heavy atom. The van der Waals surface area contributed by atoms with Crippen molar-refractivity contribution in [2.45, 2.75) is 78.4 Å². The molecule has 0 unspecified atom stereocenters. The van der Waals surface area contributed by atoms with Crippen LogP contribution in [-0.2, 0) is 21.5 Å². The highest BCUT2D eigenvalue weighted by molar-refractivity contribution is 5.70. The molecule has 0 aliphatic heterocycles. The molecule has 0 amide bonds. The number of rotatable bonds is 6. The minimum absolute atomic E-state index is 0.0396. The van der Waals surface area contributed by atoms with E-state index in [1.165, 1.54) is 6.07 Å². The Morgan fingerprint density at radius 2 is 1.91 bits per heavy atom. The highest BCUT2D eigenvalue weighted by Crippen LogP contribution is 2.53. The SMILES string of the molecule is CC.Cc1ccccc1C1(c2noc(-c3cc(C(F)F)nn3CC(=O)OC(C)(C)C)n2)CC1. The summed E-state index contributed by atoms with van der Waals surface area (Å²) in [4.78, 5) is 16.8. The number of alkyl halides is 2. The van der Waals surface area contributed by atoms with Gasteiger partial charge in [-0.1, -0.05) is 43.3 Å². The Hall–Kier alpha value is -3.10. The molecule has 0 atom stereocenters. The van der Waals surface area contributed by atoms with E-state index in [-0.39, 0.29) is 23.5 Å². The van der Waals surface area contributed by atoms with E-state index in [1.807, 2.05) is 45.0 Å². The molecule has 9 heteroatoms. The summed E-state index contributed by atoms with van der Waals surface area (Å²) in [6.45, 7) is 10.9. The monoisotopic (exact) mass is 460 g/mol. The van der Waals surface area contributed by atoms with Crippen LogP contribution in [0.1, 0.15) is 76.5 Å². The van der Waals surface area contributed by atoms with Crippen LogP contribution in [0.5, 0.6) is 0 Å². The number of aromatic nitrogens is 4. The fourth-order valence-corrected chi connectivity index (χ4v) is 3.70. The number of carbonyl (C=O) groups is 1. The van der Waals surface area contributed by atoms with Gasteiger partial charge in [-0.3, -0.25) is 4.79 Å². The second-order valence-corrected chi connectivity index (χ2v) is 8.82. The second-order valence-electron chi connectivity index (χ2n) is 8.82. The van der Waals surface area contributed by atoms with Crippen molar-refractivity contribution in [3.8, 4) is 11.6 Å². The number of ether oxygens (including phenoxy) is 1. The Morgan fingerprint density at radius 3 is 2.48 bits per heavy atom. The van der Waals surface area contributed by atoms with E-state index in [1.54, 1.807) is 20.8 Å². The molecule has 1 saturated carbocycles. The molecule has 4 rings (SSSR count). The summed E-state index contributed by atoms with van der Waals surface area (Å²) in [5.41, 5.74) is 0.881. The van der Waals surface area contributed by atoms with Crippen molar-refractivity contribution >= 4 is 5.97 Å². The molecule has 3 aromatic rings. The number of esters is 1. The minimum Gasteiger partial charge on any atom is -0.459 e. The molecule has 1 aliphatic rings. The predicted molar refractivity (Wildman–Crippen MR) is 119 cm³/mol. The largest absolute Gasteiger partial charge is 0.459 e.